The van der Waals surface area contributed by atoms with Crippen molar-refractivity contribution in [2.45, 2.75) is 45.7 Å². The molecule has 0 radical (unpaired) electrons. The zero-order valence-electron chi connectivity index (χ0n) is 19.3. The van der Waals surface area contributed by atoms with Crippen molar-refractivity contribution in [3.8, 4) is 5.75 Å². The summed E-state index contributed by atoms with van der Waals surface area (Å²) in [7, 11) is -3.72. The van der Waals surface area contributed by atoms with Gasteiger partial charge in [0, 0.05) is 6.20 Å². The van der Waals surface area contributed by atoms with Crippen LogP contribution in [0.1, 0.15) is 35.0 Å². The van der Waals surface area contributed by atoms with Crippen LogP contribution in [0.15, 0.2) is 59.6 Å². The molecule has 0 spiro atoms. The first-order valence-corrected chi connectivity index (χ1v) is 12.4. The molecule has 0 saturated carbocycles. The van der Waals surface area contributed by atoms with Crippen molar-refractivity contribution >= 4 is 21.2 Å². The Morgan fingerprint density at radius 2 is 1.73 bits per heavy atom. The van der Waals surface area contributed by atoms with Gasteiger partial charge in [0.25, 0.3) is 0 Å². The van der Waals surface area contributed by atoms with E-state index >= 15 is 0 Å². The van der Waals surface area contributed by atoms with Gasteiger partial charge in [-0.25, -0.2) is 23.1 Å². The van der Waals surface area contributed by atoms with Gasteiger partial charge in [0.15, 0.2) is 5.65 Å². The number of nitrogens with zero attached hydrogens (tertiary/aromatic N) is 3. The van der Waals surface area contributed by atoms with Gasteiger partial charge < -0.3 is 9.30 Å². The standard InChI is InChI=1S/C25H28N4O3S/c1-5-32-21-10-8-20(9-11-21)16-29-23(28-22-7-6-12-26-25(22)29)15-27-33(30,31)24-18(3)13-17(2)14-19(24)4/h6-14,27H,5,15-16H2,1-4H3. The maximum atomic E-state index is 13.2. The van der Waals surface area contributed by atoms with E-state index in [1.807, 2.05) is 80.8 Å². The predicted octanol–water partition coefficient (Wildman–Crippen LogP) is 4.28. The van der Waals surface area contributed by atoms with Crippen molar-refractivity contribution in [3.05, 3.63) is 82.8 Å². The maximum absolute atomic E-state index is 13.2. The zero-order chi connectivity index (χ0) is 23.6. The Morgan fingerprint density at radius 1 is 1.03 bits per heavy atom. The van der Waals surface area contributed by atoms with Gasteiger partial charge in [0.2, 0.25) is 10.0 Å². The first-order valence-electron chi connectivity index (χ1n) is 10.9. The topological polar surface area (TPSA) is 86.1 Å². The number of ether oxygens (including phenoxy) is 1. The molecule has 4 rings (SSSR count). The SMILES string of the molecule is CCOc1ccc(Cn2c(CNS(=O)(=O)c3c(C)cc(C)cc3C)nc3cccnc32)cc1. The van der Waals surface area contributed by atoms with Gasteiger partial charge in [-0.3, -0.25) is 0 Å². The van der Waals surface area contributed by atoms with Gasteiger partial charge in [0.1, 0.15) is 17.1 Å². The molecule has 0 unspecified atom stereocenters. The van der Waals surface area contributed by atoms with Crippen molar-refractivity contribution in [3.63, 3.8) is 0 Å². The minimum Gasteiger partial charge on any atom is -0.494 e. The minimum atomic E-state index is -3.72. The smallest absolute Gasteiger partial charge is 0.241 e. The summed E-state index contributed by atoms with van der Waals surface area (Å²) >= 11 is 0. The Balaban J connectivity index is 1.64. The Morgan fingerprint density at radius 3 is 2.39 bits per heavy atom. The van der Waals surface area contributed by atoms with E-state index < -0.39 is 10.0 Å². The lowest BCUT2D eigenvalue weighted by Crippen LogP contribution is -2.26. The molecule has 4 aromatic rings. The largest absolute Gasteiger partial charge is 0.494 e. The molecule has 2 aromatic carbocycles. The first kappa shape index (κ1) is 22.9. The highest BCUT2D eigenvalue weighted by molar-refractivity contribution is 7.89. The van der Waals surface area contributed by atoms with E-state index in [1.165, 1.54) is 0 Å². The average Bonchev–Trinajstić information content (AvgIpc) is 3.10. The number of rotatable bonds is 8. The second-order valence-electron chi connectivity index (χ2n) is 8.09. The molecule has 0 fully saturated rings. The highest BCUT2D eigenvalue weighted by atomic mass is 32.2. The van der Waals surface area contributed by atoms with E-state index in [0.717, 1.165) is 33.5 Å². The highest BCUT2D eigenvalue weighted by Gasteiger charge is 2.21. The van der Waals surface area contributed by atoms with E-state index in [-0.39, 0.29) is 6.54 Å². The summed E-state index contributed by atoms with van der Waals surface area (Å²) in [4.78, 5) is 9.46. The molecule has 33 heavy (non-hydrogen) atoms. The van der Waals surface area contributed by atoms with E-state index in [0.29, 0.717) is 29.5 Å². The van der Waals surface area contributed by atoms with Gasteiger partial charge >= 0.3 is 0 Å². The Hall–Kier alpha value is -3.23. The Labute approximate surface area is 194 Å². The summed E-state index contributed by atoms with van der Waals surface area (Å²) in [6, 6.07) is 15.3. The molecule has 0 aliphatic rings. The lowest BCUT2D eigenvalue weighted by molar-refractivity contribution is 0.340. The third-order valence-corrected chi connectivity index (χ3v) is 7.16. The van der Waals surface area contributed by atoms with Gasteiger partial charge in [-0.1, -0.05) is 29.8 Å². The number of sulfonamides is 1. The Bertz CT molecular complexity index is 1370. The Kier molecular flexibility index (Phi) is 6.49. The van der Waals surface area contributed by atoms with Gasteiger partial charge in [0.05, 0.1) is 24.6 Å². The fourth-order valence-corrected chi connectivity index (χ4v) is 5.60. The molecular weight excluding hydrogens is 436 g/mol. The second kappa shape index (κ2) is 9.33. The fourth-order valence-electron chi connectivity index (χ4n) is 4.17. The molecule has 7 nitrogen and oxygen atoms in total. The second-order valence-corrected chi connectivity index (χ2v) is 9.79. The lowest BCUT2D eigenvalue weighted by Gasteiger charge is -2.14. The van der Waals surface area contributed by atoms with Crippen LogP contribution < -0.4 is 9.46 Å². The minimum absolute atomic E-state index is 0.0580. The number of benzene rings is 2. The number of hydrogen-bond acceptors (Lipinski definition) is 5. The normalized spacial score (nSPS) is 11.8. The van der Waals surface area contributed by atoms with E-state index in [4.69, 9.17) is 4.74 Å². The number of pyridine rings is 1. The monoisotopic (exact) mass is 464 g/mol. The van der Waals surface area contributed by atoms with Crippen LogP contribution in [0.25, 0.3) is 11.2 Å². The van der Waals surface area contributed by atoms with Crippen molar-refractivity contribution in [2.24, 2.45) is 0 Å². The number of hydrogen-bond donors (Lipinski definition) is 1. The molecule has 8 heteroatoms. The van der Waals surface area contributed by atoms with Crippen molar-refractivity contribution in [1.82, 2.24) is 19.3 Å². The van der Waals surface area contributed by atoms with Gasteiger partial charge in [-0.05, 0) is 68.7 Å². The zero-order valence-corrected chi connectivity index (χ0v) is 20.1. The summed E-state index contributed by atoms with van der Waals surface area (Å²) in [5, 5.41) is 0. The molecular formula is C25H28N4O3S. The molecule has 172 valence electrons. The van der Waals surface area contributed by atoms with Crippen LogP contribution in [0.4, 0.5) is 0 Å². The number of nitrogens with one attached hydrogen (secondary N) is 1. The summed E-state index contributed by atoms with van der Waals surface area (Å²) in [6.07, 6.45) is 1.71. The van der Waals surface area contributed by atoms with Crippen molar-refractivity contribution < 1.29 is 13.2 Å². The fraction of sp³-hybridized carbons (Fsp3) is 0.280. The molecule has 0 bridgehead atoms. The van der Waals surface area contributed by atoms with E-state index in [9.17, 15) is 8.42 Å². The number of fused-ring (bicyclic) bond motifs is 1. The van der Waals surface area contributed by atoms with Crippen LogP contribution in [0.3, 0.4) is 0 Å². The third kappa shape index (κ3) is 4.91. The lowest BCUT2D eigenvalue weighted by atomic mass is 10.1. The van der Waals surface area contributed by atoms with Crippen LogP contribution in [0.5, 0.6) is 5.75 Å². The molecule has 0 aliphatic carbocycles. The maximum Gasteiger partial charge on any atom is 0.241 e. The molecule has 0 aliphatic heterocycles. The molecule has 2 heterocycles. The van der Waals surface area contributed by atoms with Crippen LogP contribution in [-0.4, -0.2) is 29.6 Å². The van der Waals surface area contributed by atoms with Crippen LogP contribution >= 0.6 is 0 Å². The first-order chi connectivity index (χ1) is 15.8. The van der Waals surface area contributed by atoms with E-state index in [1.54, 1.807) is 6.20 Å². The summed E-state index contributed by atoms with van der Waals surface area (Å²) in [6.45, 7) is 8.73. The molecule has 0 atom stereocenters. The molecule has 0 amide bonds. The van der Waals surface area contributed by atoms with Gasteiger partial charge in [-0.2, -0.15) is 0 Å². The van der Waals surface area contributed by atoms with Gasteiger partial charge in [-0.15, -0.1) is 0 Å². The van der Waals surface area contributed by atoms with E-state index in [2.05, 4.69) is 14.7 Å². The number of imidazole rings is 1. The summed E-state index contributed by atoms with van der Waals surface area (Å²) in [5.74, 6) is 1.41. The molecule has 0 saturated heterocycles. The average molecular weight is 465 g/mol. The van der Waals surface area contributed by atoms with Crippen molar-refractivity contribution in [1.29, 1.82) is 0 Å². The predicted molar refractivity (Wildman–Crippen MR) is 129 cm³/mol. The van der Waals surface area contributed by atoms with Crippen molar-refractivity contribution in [2.75, 3.05) is 6.61 Å². The molecule has 1 N–H and O–H groups in total. The van der Waals surface area contributed by atoms with Crippen LogP contribution in [0, 0.1) is 20.8 Å². The summed E-state index contributed by atoms with van der Waals surface area (Å²) < 4.78 is 36.5. The third-order valence-electron chi connectivity index (χ3n) is 5.45. The van der Waals surface area contributed by atoms with Crippen LogP contribution in [-0.2, 0) is 23.1 Å². The summed E-state index contributed by atoms with van der Waals surface area (Å²) in [5.41, 5.74) is 4.96. The number of aryl methyl sites for hydroxylation is 3. The highest BCUT2D eigenvalue weighted by Crippen LogP contribution is 2.23. The van der Waals surface area contributed by atoms with Crippen LogP contribution in [0.2, 0.25) is 0 Å². The number of aromatic nitrogens is 3. The quantitative estimate of drug-likeness (QED) is 0.421. The molecule has 2 aromatic heterocycles.